The Morgan fingerprint density at radius 1 is 1.18 bits per heavy atom. The number of ether oxygens (including phenoxy) is 2. The molecule has 96 valence electrons. The van der Waals surface area contributed by atoms with Crippen molar-refractivity contribution >= 4 is 24.3 Å². The molecular formula is C10H15ClN2O4. The molecule has 1 rings (SSSR count). The van der Waals surface area contributed by atoms with Crippen molar-refractivity contribution in [1.29, 1.82) is 0 Å². The van der Waals surface area contributed by atoms with Gasteiger partial charge in [-0.05, 0) is 20.8 Å². The number of carbonyl (C=O) groups excluding carboxylic acids is 2. The lowest BCUT2D eigenvalue weighted by Crippen LogP contribution is -2.13. The zero-order valence-electron chi connectivity index (χ0n) is 9.90. The zero-order chi connectivity index (χ0) is 12.1. The largest absolute Gasteiger partial charge is 0.461 e. The normalized spacial score (nSPS) is 9.35. The Labute approximate surface area is 105 Å². The molecular weight excluding hydrogens is 248 g/mol. The van der Waals surface area contributed by atoms with E-state index in [1.807, 2.05) is 0 Å². The lowest BCUT2D eigenvalue weighted by Gasteiger charge is -2.01. The molecule has 0 aromatic carbocycles. The second-order valence-corrected chi connectivity index (χ2v) is 2.99. The summed E-state index contributed by atoms with van der Waals surface area (Å²) in [7, 11) is 0. The zero-order valence-corrected chi connectivity index (χ0v) is 10.7. The maximum Gasteiger partial charge on any atom is 0.359 e. The first kappa shape index (κ1) is 15.4. The molecule has 0 aliphatic heterocycles. The predicted molar refractivity (Wildman–Crippen MR) is 62.5 cm³/mol. The highest BCUT2D eigenvalue weighted by Gasteiger charge is 2.23. The number of aromatic amines is 1. The summed E-state index contributed by atoms with van der Waals surface area (Å²) >= 11 is 0. The van der Waals surface area contributed by atoms with Gasteiger partial charge in [-0.25, -0.2) is 14.6 Å². The van der Waals surface area contributed by atoms with Crippen LogP contribution in [0.4, 0.5) is 0 Å². The average Bonchev–Trinajstić information content (AvgIpc) is 2.61. The standard InChI is InChI=1S/C10H14N2O4.ClH/c1-4-15-9(13)7-8(10(14)16-5-2)12-6(3)11-7;/h4-5H2,1-3H3,(H,11,12);1H. The molecule has 7 heteroatoms. The number of aromatic nitrogens is 2. The monoisotopic (exact) mass is 262 g/mol. The van der Waals surface area contributed by atoms with Gasteiger partial charge in [-0.1, -0.05) is 0 Å². The third kappa shape index (κ3) is 3.74. The first-order valence-electron chi connectivity index (χ1n) is 5.01. The smallest absolute Gasteiger partial charge is 0.359 e. The molecule has 0 saturated carbocycles. The number of aryl methyl sites for hydroxylation is 1. The summed E-state index contributed by atoms with van der Waals surface area (Å²) in [6, 6.07) is 0. The molecule has 0 unspecified atom stereocenters. The molecule has 1 heterocycles. The van der Waals surface area contributed by atoms with E-state index in [2.05, 4.69) is 9.97 Å². The molecule has 0 radical (unpaired) electrons. The van der Waals surface area contributed by atoms with Crippen molar-refractivity contribution in [2.24, 2.45) is 0 Å². The highest BCUT2D eigenvalue weighted by Crippen LogP contribution is 2.09. The second-order valence-electron chi connectivity index (χ2n) is 2.99. The van der Waals surface area contributed by atoms with Crippen LogP contribution in [0, 0.1) is 6.92 Å². The molecule has 0 fully saturated rings. The van der Waals surface area contributed by atoms with Gasteiger partial charge in [-0.3, -0.25) is 0 Å². The molecule has 0 saturated heterocycles. The van der Waals surface area contributed by atoms with Gasteiger partial charge >= 0.3 is 11.9 Å². The Bertz CT molecular complexity index is 368. The second kappa shape index (κ2) is 6.90. The molecule has 1 aromatic heterocycles. The number of halogens is 1. The van der Waals surface area contributed by atoms with Crippen LogP contribution < -0.4 is 0 Å². The van der Waals surface area contributed by atoms with E-state index in [0.29, 0.717) is 5.82 Å². The van der Waals surface area contributed by atoms with Crippen molar-refractivity contribution in [2.75, 3.05) is 13.2 Å². The quantitative estimate of drug-likeness (QED) is 0.832. The maximum atomic E-state index is 11.5. The van der Waals surface area contributed by atoms with E-state index < -0.39 is 11.9 Å². The third-order valence-electron chi connectivity index (χ3n) is 1.77. The van der Waals surface area contributed by atoms with Gasteiger partial charge in [0.25, 0.3) is 0 Å². The van der Waals surface area contributed by atoms with Gasteiger partial charge in [-0.15, -0.1) is 12.4 Å². The van der Waals surface area contributed by atoms with Crippen molar-refractivity contribution in [3.8, 4) is 0 Å². The summed E-state index contributed by atoms with van der Waals surface area (Å²) < 4.78 is 9.57. The van der Waals surface area contributed by atoms with Crippen LogP contribution in [0.3, 0.4) is 0 Å². The molecule has 0 aliphatic rings. The van der Waals surface area contributed by atoms with Gasteiger partial charge in [-0.2, -0.15) is 0 Å². The number of carbonyl (C=O) groups is 2. The van der Waals surface area contributed by atoms with Gasteiger partial charge in [0.1, 0.15) is 5.82 Å². The Balaban J connectivity index is 0.00000256. The number of H-pyrrole nitrogens is 1. The first-order valence-corrected chi connectivity index (χ1v) is 5.01. The van der Waals surface area contributed by atoms with Crippen LogP contribution in [0.15, 0.2) is 0 Å². The fourth-order valence-electron chi connectivity index (χ4n) is 1.19. The third-order valence-corrected chi connectivity index (χ3v) is 1.77. The van der Waals surface area contributed by atoms with E-state index in [1.54, 1.807) is 20.8 Å². The van der Waals surface area contributed by atoms with E-state index in [1.165, 1.54) is 0 Å². The van der Waals surface area contributed by atoms with Gasteiger partial charge in [0.05, 0.1) is 13.2 Å². The lowest BCUT2D eigenvalue weighted by atomic mass is 10.3. The maximum absolute atomic E-state index is 11.5. The summed E-state index contributed by atoms with van der Waals surface area (Å²) in [5.41, 5.74) is 0.00981. The van der Waals surface area contributed by atoms with E-state index in [0.717, 1.165) is 0 Å². The number of rotatable bonds is 4. The Morgan fingerprint density at radius 3 is 2.24 bits per heavy atom. The predicted octanol–water partition coefficient (Wildman–Crippen LogP) is 1.49. The Morgan fingerprint density at radius 2 is 1.71 bits per heavy atom. The molecule has 0 aliphatic carbocycles. The number of esters is 2. The number of nitrogens with zero attached hydrogens (tertiary/aromatic N) is 1. The van der Waals surface area contributed by atoms with E-state index in [4.69, 9.17) is 9.47 Å². The van der Waals surface area contributed by atoms with Crippen LogP contribution >= 0.6 is 12.4 Å². The fourth-order valence-corrected chi connectivity index (χ4v) is 1.19. The van der Waals surface area contributed by atoms with Crippen molar-refractivity contribution in [1.82, 2.24) is 9.97 Å². The van der Waals surface area contributed by atoms with Crippen LogP contribution in [0.1, 0.15) is 40.6 Å². The summed E-state index contributed by atoms with van der Waals surface area (Å²) in [6.07, 6.45) is 0. The van der Waals surface area contributed by atoms with Crippen LogP contribution in [0.25, 0.3) is 0 Å². The highest BCUT2D eigenvalue weighted by atomic mass is 35.5. The molecule has 6 nitrogen and oxygen atoms in total. The first-order chi connectivity index (χ1) is 7.60. The molecule has 1 N–H and O–H groups in total. The van der Waals surface area contributed by atoms with Crippen molar-refractivity contribution in [3.63, 3.8) is 0 Å². The SMILES string of the molecule is CCOC(=O)c1nc(C)[nH]c1C(=O)OCC.Cl. The fraction of sp³-hybridized carbons (Fsp3) is 0.500. The number of nitrogens with one attached hydrogen (secondary N) is 1. The minimum Gasteiger partial charge on any atom is -0.461 e. The minimum absolute atomic E-state index is 0. The summed E-state index contributed by atoms with van der Waals surface area (Å²) in [5, 5.41) is 0. The highest BCUT2D eigenvalue weighted by molar-refractivity contribution is 6.00. The molecule has 0 amide bonds. The van der Waals surface area contributed by atoms with E-state index in [9.17, 15) is 9.59 Å². The van der Waals surface area contributed by atoms with Gasteiger partial charge in [0.15, 0.2) is 11.4 Å². The Kier molecular flexibility index (Phi) is 6.27. The summed E-state index contributed by atoms with van der Waals surface area (Å²) in [6.45, 7) is 5.48. The van der Waals surface area contributed by atoms with Gasteiger partial charge in [0, 0.05) is 0 Å². The molecule has 0 spiro atoms. The van der Waals surface area contributed by atoms with E-state index in [-0.39, 0.29) is 37.0 Å². The van der Waals surface area contributed by atoms with Crippen molar-refractivity contribution in [2.45, 2.75) is 20.8 Å². The summed E-state index contributed by atoms with van der Waals surface area (Å²) in [5.74, 6) is -0.771. The van der Waals surface area contributed by atoms with Gasteiger partial charge < -0.3 is 14.5 Å². The molecule has 0 atom stereocenters. The molecule has 17 heavy (non-hydrogen) atoms. The summed E-state index contributed by atoms with van der Waals surface area (Å²) in [4.78, 5) is 29.5. The molecule has 1 aromatic rings. The van der Waals surface area contributed by atoms with Crippen molar-refractivity contribution < 1.29 is 19.1 Å². The van der Waals surface area contributed by atoms with Crippen molar-refractivity contribution in [3.05, 3.63) is 17.2 Å². The minimum atomic E-state index is -0.630. The van der Waals surface area contributed by atoms with Crippen LogP contribution in [0.2, 0.25) is 0 Å². The van der Waals surface area contributed by atoms with E-state index >= 15 is 0 Å². The number of hydrogen-bond acceptors (Lipinski definition) is 5. The lowest BCUT2D eigenvalue weighted by molar-refractivity contribution is 0.0471. The van der Waals surface area contributed by atoms with Crippen LogP contribution in [0.5, 0.6) is 0 Å². The van der Waals surface area contributed by atoms with Gasteiger partial charge in [0.2, 0.25) is 0 Å². The van der Waals surface area contributed by atoms with Crippen LogP contribution in [-0.2, 0) is 9.47 Å². The van der Waals surface area contributed by atoms with Crippen LogP contribution in [-0.4, -0.2) is 35.1 Å². The number of hydrogen-bond donors (Lipinski definition) is 1. The topological polar surface area (TPSA) is 81.3 Å². The Hall–Kier alpha value is -1.56. The number of imidazole rings is 1. The molecule has 0 bridgehead atoms. The average molecular weight is 263 g/mol.